The fourth-order valence-corrected chi connectivity index (χ4v) is 4.09. The van der Waals surface area contributed by atoms with E-state index in [9.17, 15) is 21.8 Å². The summed E-state index contributed by atoms with van der Waals surface area (Å²) in [6.45, 7) is 1.74. The molecule has 0 radical (unpaired) electrons. The molecule has 0 aliphatic carbocycles. The summed E-state index contributed by atoms with van der Waals surface area (Å²) in [5, 5.41) is 0. The molecule has 4 rings (SSSR count). The van der Waals surface area contributed by atoms with Crippen molar-refractivity contribution in [3.63, 3.8) is 0 Å². The second-order valence-corrected chi connectivity index (χ2v) is 8.45. The van der Waals surface area contributed by atoms with Crippen LogP contribution in [0.1, 0.15) is 12.6 Å². The number of aryl methyl sites for hydroxylation is 1. The highest BCUT2D eigenvalue weighted by Gasteiger charge is 2.33. The molecule has 3 aromatic heterocycles. The lowest BCUT2D eigenvalue weighted by atomic mass is 10.1. The number of hydrogen-bond donors (Lipinski definition) is 0. The van der Waals surface area contributed by atoms with Gasteiger partial charge in [0, 0.05) is 18.4 Å². The number of pyridine rings is 2. The maximum Gasteiger partial charge on any atom is 0.433 e. The normalized spacial score (nSPS) is 13.0. The first-order chi connectivity index (χ1) is 14.7. The van der Waals surface area contributed by atoms with E-state index in [0.717, 1.165) is 12.3 Å². The van der Waals surface area contributed by atoms with E-state index in [1.54, 1.807) is 42.8 Å². The average Bonchev–Trinajstić information content (AvgIpc) is 3.08. The molecule has 1 unspecified atom stereocenters. The number of fused-ring (bicyclic) bond motifs is 1. The van der Waals surface area contributed by atoms with Crippen molar-refractivity contribution < 1.29 is 21.8 Å². The first kappa shape index (κ1) is 21.1. The third-order valence-electron chi connectivity index (χ3n) is 4.76. The summed E-state index contributed by atoms with van der Waals surface area (Å²) in [6.07, 6.45) is -3.50. The number of nitrogens with zero attached hydrogens (tertiary/aromatic N) is 4. The number of imidazole rings is 1. The van der Waals surface area contributed by atoms with Crippen LogP contribution in [0.25, 0.3) is 33.8 Å². The Balaban J connectivity index is 1.94. The molecule has 3 heterocycles. The van der Waals surface area contributed by atoms with E-state index < -0.39 is 28.5 Å². The van der Waals surface area contributed by atoms with Crippen molar-refractivity contribution in [2.24, 2.45) is 7.05 Å². The van der Waals surface area contributed by atoms with Gasteiger partial charge in [0.05, 0.1) is 38.6 Å². The Hall–Kier alpha value is -3.14. The van der Waals surface area contributed by atoms with Gasteiger partial charge >= 0.3 is 6.18 Å². The number of benzene rings is 1. The summed E-state index contributed by atoms with van der Waals surface area (Å²) in [5.74, 6) is 0.124. The third kappa shape index (κ3) is 3.95. The molecular formula is C21H16F4N4OS. The predicted molar refractivity (Wildman–Crippen MR) is 109 cm³/mol. The highest BCUT2D eigenvalue weighted by atomic mass is 32.2. The zero-order valence-electron chi connectivity index (χ0n) is 16.4. The van der Waals surface area contributed by atoms with Crippen LogP contribution in [0.4, 0.5) is 17.6 Å². The Labute approximate surface area is 177 Å². The Kier molecular flexibility index (Phi) is 5.34. The van der Waals surface area contributed by atoms with Crippen molar-refractivity contribution in [1.29, 1.82) is 0 Å². The van der Waals surface area contributed by atoms with E-state index in [0.29, 0.717) is 27.4 Å². The molecule has 0 fully saturated rings. The quantitative estimate of drug-likeness (QED) is 0.413. The molecule has 160 valence electrons. The van der Waals surface area contributed by atoms with Crippen molar-refractivity contribution in [1.82, 2.24) is 19.5 Å². The minimum atomic E-state index is -4.60. The van der Waals surface area contributed by atoms with Crippen LogP contribution < -0.4 is 0 Å². The van der Waals surface area contributed by atoms with Crippen LogP contribution in [0.3, 0.4) is 0 Å². The Morgan fingerprint density at radius 2 is 1.87 bits per heavy atom. The molecule has 1 atom stereocenters. The van der Waals surface area contributed by atoms with Gasteiger partial charge in [0.15, 0.2) is 5.82 Å². The minimum Gasteiger partial charge on any atom is -0.325 e. The Bertz CT molecular complexity index is 1320. The molecule has 0 aliphatic rings. The van der Waals surface area contributed by atoms with Gasteiger partial charge in [-0.05, 0) is 30.3 Å². The van der Waals surface area contributed by atoms with Gasteiger partial charge in [0.2, 0.25) is 0 Å². The van der Waals surface area contributed by atoms with E-state index in [-0.39, 0.29) is 17.0 Å². The molecule has 0 bridgehead atoms. The van der Waals surface area contributed by atoms with Crippen molar-refractivity contribution in [2.45, 2.75) is 18.0 Å². The van der Waals surface area contributed by atoms with Gasteiger partial charge in [-0.1, -0.05) is 19.1 Å². The van der Waals surface area contributed by atoms with Gasteiger partial charge in [-0.3, -0.25) is 4.21 Å². The predicted octanol–water partition coefficient (Wildman–Crippen LogP) is 4.98. The van der Waals surface area contributed by atoms with E-state index in [4.69, 9.17) is 0 Å². The number of alkyl halides is 3. The van der Waals surface area contributed by atoms with Crippen LogP contribution in [0.2, 0.25) is 0 Å². The second-order valence-electron chi connectivity index (χ2n) is 6.74. The number of halogens is 4. The largest absolute Gasteiger partial charge is 0.433 e. The van der Waals surface area contributed by atoms with Crippen molar-refractivity contribution in [3.05, 3.63) is 60.2 Å². The standard InChI is InChI=1S/C21H16F4N4OS/c1-3-31(30)17-8-7-14(12-5-4-6-13(22)9-12)27-19(17)20-28-15-10-18(21(23,24)25)26-11-16(15)29(20)2/h4-11H,3H2,1-2H3. The molecule has 0 aliphatic heterocycles. The third-order valence-corrected chi connectivity index (χ3v) is 6.10. The van der Waals surface area contributed by atoms with Gasteiger partial charge in [-0.25, -0.2) is 19.3 Å². The smallest absolute Gasteiger partial charge is 0.325 e. The lowest BCUT2D eigenvalue weighted by molar-refractivity contribution is -0.141. The summed E-state index contributed by atoms with van der Waals surface area (Å²) < 4.78 is 67.0. The van der Waals surface area contributed by atoms with Gasteiger partial charge in [0.25, 0.3) is 0 Å². The Morgan fingerprint density at radius 1 is 1.10 bits per heavy atom. The first-order valence-corrected chi connectivity index (χ1v) is 10.6. The first-order valence-electron chi connectivity index (χ1n) is 9.24. The van der Waals surface area contributed by atoms with Crippen LogP contribution in [-0.2, 0) is 24.0 Å². The van der Waals surface area contributed by atoms with Gasteiger partial charge in [-0.2, -0.15) is 13.2 Å². The van der Waals surface area contributed by atoms with E-state index in [2.05, 4.69) is 15.0 Å². The highest BCUT2D eigenvalue weighted by Crippen LogP contribution is 2.33. The molecule has 10 heteroatoms. The van der Waals surface area contributed by atoms with Crippen molar-refractivity contribution >= 4 is 21.8 Å². The molecule has 5 nitrogen and oxygen atoms in total. The van der Waals surface area contributed by atoms with E-state index in [1.807, 2.05) is 0 Å². The second kappa shape index (κ2) is 7.84. The summed E-state index contributed by atoms with van der Waals surface area (Å²) in [5.41, 5.74) is 0.597. The number of rotatable bonds is 4. The molecule has 0 saturated carbocycles. The molecule has 0 N–H and O–H groups in total. The zero-order valence-corrected chi connectivity index (χ0v) is 17.3. The summed E-state index contributed by atoms with van der Waals surface area (Å²) >= 11 is 0. The van der Waals surface area contributed by atoms with E-state index >= 15 is 0 Å². The summed E-state index contributed by atoms with van der Waals surface area (Å²) in [4.78, 5) is 12.8. The van der Waals surface area contributed by atoms with Crippen molar-refractivity contribution in [2.75, 3.05) is 5.75 Å². The monoisotopic (exact) mass is 448 g/mol. The molecule has 0 amide bonds. The lowest BCUT2D eigenvalue weighted by Gasteiger charge is -2.11. The van der Waals surface area contributed by atoms with Crippen LogP contribution >= 0.6 is 0 Å². The maximum absolute atomic E-state index is 13.7. The number of hydrogen-bond acceptors (Lipinski definition) is 4. The topological polar surface area (TPSA) is 60.7 Å². The van der Waals surface area contributed by atoms with Crippen LogP contribution in [0.15, 0.2) is 53.6 Å². The highest BCUT2D eigenvalue weighted by molar-refractivity contribution is 7.85. The van der Waals surface area contributed by atoms with Crippen molar-refractivity contribution in [3.8, 4) is 22.8 Å². The summed E-state index contributed by atoms with van der Waals surface area (Å²) in [6, 6.07) is 9.97. The molecular weight excluding hydrogens is 432 g/mol. The summed E-state index contributed by atoms with van der Waals surface area (Å²) in [7, 11) is 0.214. The van der Waals surface area contributed by atoms with Gasteiger partial charge in [0.1, 0.15) is 17.2 Å². The Morgan fingerprint density at radius 3 is 2.55 bits per heavy atom. The average molecular weight is 448 g/mol. The molecule has 4 aromatic rings. The maximum atomic E-state index is 13.7. The number of aromatic nitrogens is 4. The van der Waals surface area contributed by atoms with Crippen LogP contribution in [-0.4, -0.2) is 29.5 Å². The van der Waals surface area contributed by atoms with Crippen LogP contribution in [0, 0.1) is 5.82 Å². The van der Waals surface area contributed by atoms with Crippen LogP contribution in [0.5, 0.6) is 0 Å². The fraction of sp³-hybridized carbons (Fsp3) is 0.190. The molecule has 0 spiro atoms. The van der Waals surface area contributed by atoms with Gasteiger partial charge in [-0.15, -0.1) is 0 Å². The fourth-order valence-electron chi connectivity index (χ4n) is 3.21. The molecule has 0 saturated heterocycles. The SMILES string of the molecule is CCS(=O)c1ccc(-c2cccc(F)c2)nc1-c1nc2cc(C(F)(F)F)ncc2n1C. The minimum absolute atomic E-state index is 0.0889. The molecule has 1 aromatic carbocycles. The zero-order chi connectivity index (χ0) is 22.3. The lowest BCUT2D eigenvalue weighted by Crippen LogP contribution is -2.07. The molecule has 31 heavy (non-hydrogen) atoms. The van der Waals surface area contributed by atoms with E-state index in [1.165, 1.54) is 12.1 Å². The van der Waals surface area contributed by atoms with Gasteiger partial charge < -0.3 is 4.57 Å².